The van der Waals surface area contributed by atoms with Gasteiger partial charge in [-0.25, -0.2) is 13.4 Å². The number of halogens is 1. The molecule has 1 N–H and O–H groups in total. The van der Waals surface area contributed by atoms with Crippen LogP contribution in [-0.4, -0.2) is 23.2 Å². The number of hydrogen-bond acceptors (Lipinski definition) is 4. The summed E-state index contributed by atoms with van der Waals surface area (Å²) < 4.78 is 39.9. The van der Waals surface area contributed by atoms with E-state index >= 15 is 0 Å². The van der Waals surface area contributed by atoms with E-state index in [0.717, 1.165) is 6.07 Å². The van der Waals surface area contributed by atoms with Crippen LogP contribution in [0.25, 0.3) is 0 Å². The van der Waals surface area contributed by atoms with Crippen LogP contribution in [0.4, 0.5) is 10.2 Å². The van der Waals surface area contributed by atoms with Crippen LogP contribution >= 0.6 is 0 Å². The summed E-state index contributed by atoms with van der Waals surface area (Å²) >= 11 is 0. The molecule has 0 unspecified atom stereocenters. The summed E-state index contributed by atoms with van der Waals surface area (Å²) in [4.78, 5) is 3.40. The van der Waals surface area contributed by atoms with E-state index in [1.807, 2.05) is 0 Å². The fraction of sp³-hybridized carbons (Fsp3) is 0.111. The number of nitrogens with one attached hydrogen (secondary N) is 1. The second kappa shape index (κ2) is 4.13. The first-order valence-electron chi connectivity index (χ1n) is 4.61. The fourth-order valence-electron chi connectivity index (χ4n) is 1.20. The van der Waals surface area contributed by atoms with Crippen molar-refractivity contribution < 1.29 is 12.8 Å². The minimum atomic E-state index is -3.77. The van der Waals surface area contributed by atoms with Gasteiger partial charge in [-0.05, 0) is 12.1 Å². The number of aromatic nitrogens is 3. The molecule has 2 aromatic heterocycles. The highest BCUT2D eigenvalue weighted by Crippen LogP contribution is 2.13. The van der Waals surface area contributed by atoms with Gasteiger partial charge in [0, 0.05) is 13.2 Å². The minimum absolute atomic E-state index is 0.00828. The third-order valence-electron chi connectivity index (χ3n) is 1.95. The molecule has 0 aliphatic rings. The van der Waals surface area contributed by atoms with Crippen molar-refractivity contribution in [2.45, 2.75) is 4.90 Å². The number of sulfonamides is 1. The van der Waals surface area contributed by atoms with Crippen molar-refractivity contribution in [1.82, 2.24) is 14.8 Å². The Labute approximate surface area is 97.2 Å². The molecule has 0 bridgehead atoms. The molecule has 8 heteroatoms. The topological polar surface area (TPSA) is 76.9 Å². The lowest BCUT2D eigenvalue weighted by Gasteiger charge is -2.04. The van der Waals surface area contributed by atoms with Gasteiger partial charge in [0.05, 0.1) is 6.20 Å². The molecule has 0 fully saturated rings. The largest absolute Gasteiger partial charge is 0.274 e. The van der Waals surface area contributed by atoms with Gasteiger partial charge in [-0.15, -0.1) is 0 Å². The molecule has 6 nitrogen and oxygen atoms in total. The smallest absolute Gasteiger partial charge is 0.266 e. The molecule has 2 heterocycles. The maximum Gasteiger partial charge on any atom is 0.266 e. The van der Waals surface area contributed by atoms with Gasteiger partial charge in [0.25, 0.3) is 10.0 Å². The second-order valence-electron chi connectivity index (χ2n) is 3.30. The summed E-state index contributed by atoms with van der Waals surface area (Å²) in [5.74, 6) is -0.828. The molecule has 0 aliphatic heterocycles. The Bertz CT molecular complexity index is 638. The van der Waals surface area contributed by atoms with Gasteiger partial charge in [-0.2, -0.15) is 9.49 Å². The Kier molecular flexibility index (Phi) is 2.80. The predicted octanol–water partition coefficient (Wildman–Crippen LogP) is 0.755. The first kappa shape index (κ1) is 11.5. The summed E-state index contributed by atoms with van der Waals surface area (Å²) in [5.41, 5.74) is 0. The molecule has 2 rings (SSSR count). The molecule has 0 radical (unpaired) electrons. The molecule has 17 heavy (non-hydrogen) atoms. The molecular formula is C9H9FN4O2S. The zero-order chi connectivity index (χ0) is 12.5. The number of pyridine rings is 1. The average molecular weight is 256 g/mol. The zero-order valence-corrected chi connectivity index (χ0v) is 9.65. The van der Waals surface area contributed by atoms with E-state index in [4.69, 9.17) is 0 Å². The van der Waals surface area contributed by atoms with Gasteiger partial charge in [0.1, 0.15) is 10.7 Å². The van der Waals surface area contributed by atoms with Crippen molar-refractivity contribution in [3.8, 4) is 0 Å². The molecule has 0 amide bonds. The van der Waals surface area contributed by atoms with E-state index in [1.165, 1.54) is 29.2 Å². The summed E-state index contributed by atoms with van der Waals surface area (Å²) in [6.45, 7) is 0. The Morgan fingerprint density at radius 2 is 2.18 bits per heavy atom. The molecule has 2 aromatic rings. The molecule has 90 valence electrons. The Morgan fingerprint density at radius 1 is 1.41 bits per heavy atom. The highest BCUT2D eigenvalue weighted by Gasteiger charge is 2.16. The number of nitrogens with zero attached hydrogens (tertiary/aromatic N) is 3. The Hall–Kier alpha value is -1.96. The number of hydrogen-bond donors (Lipinski definition) is 1. The SMILES string of the molecule is Cn1cc(S(=O)(=O)Nc2cccc(F)n2)cn1. The normalized spacial score (nSPS) is 11.4. The van der Waals surface area contributed by atoms with Crippen LogP contribution < -0.4 is 4.72 Å². The predicted molar refractivity (Wildman–Crippen MR) is 58.2 cm³/mol. The highest BCUT2D eigenvalue weighted by atomic mass is 32.2. The first-order chi connectivity index (χ1) is 7.97. The van der Waals surface area contributed by atoms with Gasteiger partial charge in [-0.3, -0.25) is 9.40 Å². The molecule has 0 saturated carbocycles. The van der Waals surface area contributed by atoms with Crippen LogP contribution in [-0.2, 0) is 17.1 Å². The Morgan fingerprint density at radius 3 is 2.76 bits per heavy atom. The van der Waals surface area contributed by atoms with E-state index in [0.29, 0.717) is 0 Å². The third-order valence-corrected chi connectivity index (χ3v) is 3.25. The quantitative estimate of drug-likeness (QED) is 0.822. The van der Waals surface area contributed by atoms with E-state index in [1.54, 1.807) is 7.05 Å². The first-order valence-corrected chi connectivity index (χ1v) is 6.10. The van der Waals surface area contributed by atoms with Crippen LogP contribution in [0.15, 0.2) is 35.5 Å². The lowest BCUT2D eigenvalue weighted by atomic mass is 10.5. The maximum atomic E-state index is 12.8. The number of rotatable bonds is 3. The summed E-state index contributed by atoms with van der Waals surface area (Å²) in [6, 6.07) is 3.85. The van der Waals surface area contributed by atoms with E-state index in [9.17, 15) is 12.8 Å². The third kappa shape index (κ3) is 2.59. The number of anilines is 1. The van der Waals surface area contributed by atoms with Crippen molar-refractivity contribution in [2.24, 2.45) is 7.05 Å². The van der Waals surface area contributed by atoms with Crippen LogP contribution in [0.3, 0.4) is 0 Å². The fourth-order valence-corrected chi connectivity index (χ4v) is 2.18. The van der Waals surface area contributed by atoms with Gasteiger partial charge >= 0.3 is 0 Å². The van der Waals surface area contributed by atoms with Crippen LogP contribution in [0.1, 0.15) is 0 Å². The highest BCUT2D eigenvalue weighted by molar-refractivity contribution is 7.92. The molecule has 0 aromatic carbocycles. The standard InChI is InChI=1S/C9H9FN4O2S/c1-14-6-7(5-11-14)17(15,16)13-9-4-2-3-8(10)12-9/h2-6H,1H3,(H,12,13). The number of aryl methyl sites for hydroxylation is 1. The summed E-state index contributed by atoms with van der Waals surface area (Å²) in [7, 11) is -2.18. The molecule has 0 atom stereocenters. The van der Waals surface area contributed by atoms with Crippen molar-refractivity contribution in [3.63, 3.8) is 0 Å². The lowest BCUT2D eigenvalue weighted by Crippen LogP contribution is -2.13. The van der Waals surface area contributed by atoms with Crippen molar-refractivity contribution in [3.05, 3.63) is 36.5 Å². The van der Waals surface area contributed by atoms with Crippen molar-refractivity contribution >= 4 is 15.8 Å². The molecule has 0 saturated heterocycles. The van der Waals surface area contributed by atoms with Crippen LogP contribution in [0.2, 0.25) is 0 Å². The van der Waals surface area contributed by atoms with Gasteiger partial charge in [-0.1, -0.05) is 6.07 Å². The van der Waals surface area contributed by atoms with Gasteiger partial charge in [0.2, 0.25) is 5.95 Å². The lowest BCUT2D eigenvalue weighted by molar-refractivity contribution is 0.584. The van der Waals surface area contributed by atoms with Gasteiger partial charge in [0.15, 0.2) is 0 Å². The maximum absolute atomic E-state index is 12.8. The van der Waals surface area contributed by atoms with E-state index in [-0.39, 0.29) is 10.7 Å². The van der Waals surface area contributed by atoms with Crippen LogP contribution in [0.5, 0.6) is 0 Å². The minimum Gasteiger partial charge on any atom is -0.274 e. The average Bonchev–Trinajstić information content (AvgIpc) is 2.65. The van der Waals surface area contributed by atoms with Gasteiger partial charge < -0.3 is 0 Å². The Balaban J connectivity index is 2.29. The summed E-state index contributed by atoms with van der Waals surface area (Å²) in [5, 5.41) is 3.75. The van der Waals surface area contributed by atoms with E-state index < -0.39 is 16.0 Å². The zero-order valence-electron chi connectivity index (χ0n) is 8.83. The second-order valence-corrected chi connectivity index (χ2v) is 4.98. The molecule has 0 spiro atoms. The molecule has 0 aliphatic carbocycles. The molecular weight excluding hydrogens is 247 g/mol. The monoisotopic (exact) mass is 256 g/mol. The van der Waals surface area contributed by atoms with Crippen molar-refractivity contribution in [2.75, 3.05) is 4.72 Å². The van der Waals surface area contributed by atoms with Crippen molar-refractivity contribution in [1.29, 1.82) is 0 Å². The van der Waals surface area contributed by atoms with E-state index in [2.05, 4.69) is 14.8 Å². The van der Waals surface area contributed by atoms with Crippen LogP contribution in [0, 0.1) is 5.95 Å². The summed E-state index contributed by atoms with van der Waals surface area (Å²) in [6.07, 6.45) is 2.53.